The summed E-state index contributed by atoms with van der Waals surface area (Å²) in [4.78, 5) is 12.3. The van der Waals surface area contributed by atoms with Gasteiger partial charge < -0.3 is 10.1 Å². The molecular formula is C22H21ClN2O4S. The van der Waals surface area contributed by atoms with Crippen LogP contribution in [0.5, 0.6) is 5.75 Å². The van der Waals surface area contributed by atoms with E-state index in [1.54, 1.807) is 42.5 Å². The van der Waals surface area contributed by atoms with Gasteiger partial charge in [0.1, 0.15) is 5.75 Å². The summed E-state index contributed by atoms with van der Waals surface area (Å²) < 4.78 is 32.3. The van der Waals surface area contributed by atoms with Gasteiger partial charge in [0.25, 0.3) is 15.9 Å². The maximum Gasteiger partial charge on any atom is 0.264 e. The zero-order valence-electron chi connectivity index (χ0n) is 16.5. The summed E-state index contributed by atoms with van der Waals surface area (Å²) >= 11 is 5.91. The zero-order chi connectivity index (χ0) is 21.7. The summed E-state index contributed by atoms with van der Waals surface area (Å²) in [6.45, 7) is 1.66. The smallest absolute Gasteiger partial charge is 0.264 e. The molecule has 0 radical (unpaired) electrons. The average Bonchev–Trinajstić information content (AvgIpc) is 2.73. The Hall–Kier alpha value is -3.03. The van der Waals surface area contributed by atoms with E-state index in [0.717, 1.165) is 5.56 Å². The summed E-state index contributed by atoms with van der Waals surface area (Å²) in [5, 5.41) is 3.28. The Bertz CT molecular complexity index is 1130. The molecule has 0 spiro atoms. The number of anilines is 2. The Balaban J connectivity index is 1.63. The molecule has 0 aliphatic heterocycles. The molecule has 3 aromatic carbocycles. The second kappa shape index (κ2) is 9.19. The fourth-order valence-corrected chi connectivity index (χ4v) is 4.18. The maximum absolute atomic E-state index is 12.8. The van der Waals surface area contributed by atoms with Gasteiger partial charge in [0.15, 0.2) is 6.61 Å². The number of aryl methyl sites for hydroxylation is 1. The highest BCUT2D eigenvalue weighted by Crippen LogP contribution is 2.23. The van der Waals surface area contributed by atoms with E-state index in [1.165, 1.54) is 35.6 Å². The lowest BCUT2D eigenvalue weighted by Crippen LogP contribution is -2.26. The maximum atomic E-state index is 12.8. The Morgan fingerprint density at radius 1 is 1.03 bits per heavy atom. The van der Waals surface area contributed by atoms with Crippen molar-refractivity contribution in [2.75, 3.05) is 23.3 Å². The molecule has 0 saturated carbocycles. The Morgan fingerprint density at radius 2 is 1.70 bits per heavy atom. The first kappa shape index (κ1) is 21.7. The molecule has 0 unspecified atom stereocenters. The number of sulfonamides is 1. The number of carbonyl (C=O) groups excluding carboxylic acids is 1. The number of halogens is 1. The lowest BCUT2D eigenvalue weighted by Gasteiger charge is -2.19. The first-order valence-corrected chi connectivity index (χ1v) is 10.9. The number of para-hydroxylation sites is 1. The molecule has 0 aliphatic carbocycles. The monoisotopic (exact) mass is 444 g/mol. The summed E-state index contributed by atoms with van der Waals surface area (Å²) in [5.74, 6) is 0.210. The van der Waals surface area contributed by atoms with Gasteiger partial charge in [0, 0.05) is 17.8 Å². The van der Waals surface area contributed by atoms with Crippen molar-refractivity contribution in [2.45, 2.75) is 11.8 Å². The summed E-state index contributed by atoms with van der Waals surface area (Å²) in [6.07, 6.45) is 0. The number of hydrogen-bond acceptors (Lipinski definition) is 4. The van der Waals surface area contributed by atoms with Gasteiger partial charge >= 0.3 is 0 Å². The number of benzene rings is 3. The van der Waals surface area contributed by atoms with E-state index in [-0.39, 0.29) is 17.4 Å². The summed E-state index contributed by atoms with van der Waals surface area (Å²) in [7, 11) is -2.21. The van der Waals surface area contributed by atoms with Crippen LogP contribution >= 0.6 is 11.6 Å². The molecule has 30 heavy (non-hydrogen) atoms. The molecule has 1 amide bonds. The largest absolute Gasteiger partial charge is 0.483 e. The van der Waals surface area contributed by atoms with Crippen molar-refractivity contribution < 1.29 is 17.9 Å². The van der Waals surface area contributed by atoms with Crippen LogP contribution in [0.3, 0.4) is 0 Å². The molecule has 156 valence electrons. The van der Waals surface area contributed by atoms with Gasteiger partial charge in [-0.3, -0.25) is 9.10 Å². The van der Waals surface area contributed by atoms with E-state index < -0.39 is 10.0 Å². The van der Waals surface area contributed by atoms with Crippen LogP contribution in [0, 0.1) is 6.92 Å². The molecule has 1 N–H and O–H groups in total. The highest BCUT2D eigenvalue weighted by Gasteiger charge is 2.21. The molecule has 3 aromatic rings. The molecule has 6 nitrogen and oxygen atoms in total. The lowest BCUT2D eigenvalue weighted by atomic mass is 10.2. The van der Waals surface area contributed by atoms with E-state index in [2.05, 4.69) is 5.32 Å². The van der Waals surface area contributed by atoms with Gasteiger partial charge in [0.05, 0.1) is 10.6 Å². The van der Waals surface area contributed by atoms with E-state index in [0.29, 0.717) is 22.1 Å². The number of amides is 1. The van der Waals surface area contributed by atoms with Crippen LogP contribution in [0.2, 0.25) is 5.02 Å². The van der Waals surface area contributed by atoms with Gasteiger partial charge in [-0.15, -0.1) is 0 Å². The second-order valence-corrected chi connectivity index (χ2v) is 8.98. The predicted octanol–water partition coefficient (Wildman–Crippen LogP) is 4.49. The van der Waals surface area contributed by atoms with Crippen LogP contribution in [0.15, 0.2) is 77.7 Å². The molecule has 0 atom stereocenters. The summed E-state index contributed by atoms with van der Waals surface area (Å²) in [6, 6.07) is 19.9. The van der Waals surface area contributed by atoms with Crippen molar-refractivity contribution in [3.05, 3.63) is 83.4 Å². The highest BCUT2D eigenvalue weighted by molar-refractivity contribution is 7.92. The van der Waals surface area contributed by atoms with Crippen molar-refractivity contribution >= 4 is 38.9 Å². The number of ether oxygens (including phenoxy) is 1. The van der Waals surface area contributed by atoms with Crippen LogP contribution in [-0.2, 0) is 14.8 Å². The van der Waals surface area contributed by atoms with Crippen molar-refractivity contribution in [3.8, 4) is 5.75 Å². The number of nitrogens with zero attached hydrogens (tertiary/aromatic N) is 1. The van der Waals surface area contributed by atoms with E-state index in [1.807, 2.05) is 13.0 Å². The van der Waals surface area contributed by atoms with E-state index >= 15 is 0 Å². The average molecular weight is 445 g/mol. The number of nitrogens with one attached hydrogen (secondary N) is 1. The lowest BCUT2D eigenvalue weighted by molar-refractivity contribution is -0.118. The Labute approximate surface area is 181 Å². The number of hydrogen-bond donors (Lipinski definition) is 1. The molecule has 0 aromatic heterocycles. The van der Waals surface area contributed by atoms with E-state index in [9.17, 15) is 13.2 Å². The molecule has 0 bridgehead atoms. The first-order valence-electron chi connectivity index (χ1n) is 9.10. The van der Waals surface area contributed by atoms with Crippen LogP contribution in [0.25, 0.3) is 0 Å². The van der Waals surface area contributed by atoms with Gasteiger partial charge in [0.2, 0.25) is 0 Å². The molecular weight excluding hydrogens is 424 g/mol. The molecule has 0 fully saturated rings. The first-order chi connectivity index (χ1) is 14.3. The Kier molecular flexibility index (Phi) is 6.64. The van der Waals surface area contributed by atoms with Crippen LogP contribution < -0.4 is 14.4 Å². The molecule has 0 heterocycles. The van der Waals surface area contributed by atoms with Gasteiger partial charge in [-0.1, -0.05) is 29.8 Å². The zero-order valence-corrected chi connectivity index (χ0v) is 18.1. The third kappa shape index (κ3) is 5.11. The molecule has 0 aliphatic rings. The third-order valence-electron chi connectivity index (χ3n) is 4.41. The minimum atomic E-state index is -3.71. The standard InChI is InChI=1S/C22H21ClN2O4S/c1-16-14-17(23)8-13-21(16)29-15-22(26)24-18-9-11-20(12-10-18)30(27,28)25(2)19-6-4-3-5-7-19/h3-14H,15H2,1-2H3,(H,24,26). The third-order valence-corrected chi connectivity index (χ3v) is 6.45. The molecule has 8 heteroatoms. The minimum absolute atomic E-state index is 0.125. The van der Waals surface area contributed by atoms with Crippen molar-refractivity contribution in [1.29, 1.82) is 0 Å². The fraction of sp³-hybridized carbons (Fsp3) is 0.136. The highest BCUT2D eigenvalue weighted by atomic mass is 35.5. The SMILES string of the molecule is Cc1cc(Cl)ccc1OCC(=O)Nc1ccc(S(=O)(=O)N(C)c2ccccc2)cc1. The topological polar surface area (TPSA) is 75.7 Å². The van der Waals surface area contributed by atoms with Crippen molar-refractivity contribution in [2.24, 2.45) is 0 Å². The van der Waals surface area contributed by atoms with Crippen LogP contribution in [0.4, 0.5) is 11.4 Å². The Morgan fingerprint density at radius 3 is 2.33 bits per heavy atom. The second-order valence-electron chi connectivity index (χ2n) is 6.58. The van der Waals surface area contributed by atoms with Gasteiger partial charge in [-0.25, -0.2) is 8.42 Å². The molecule has 0 saturated heterocycles. The summed E-state index contributed by atoms with van der Waals surface area (Å²) in [5.41, 5.74) is 1.86. The van der Waals surface area contributed by atoms with Gasteiger partial charge in [-0.2, -0.15) is 0 Å². The normalized spacial score (nSPS) is 11.0. The molecule has 3 rings (SSSR count). The number of carbonyl (C=O) groups is 1. The van der Waals surface area contributed by atoms with Crippen LogP contribution in [-0.4, -0.2) is 28.0 Å². The van der Waals surface area contributed by atoms with Crippen molar-refractivity contribution in [3.63, 3.8) is 0 Å². The minimum Gasteiger partial charge on any atom is -0.483 e. The van der Waals surface area contributed by atoms with Crippen LogP contribution in [0.1, 0.15) is 5.56 Å². The number of rotatable bonds is 7. The quantitative estimate of drug-likeness (QED) is 0.582. The predicted molar refractivity (Wildman–Crippen MR) is 119 cm³/mol. The van der Waals surface area contributed by atoms with Gasteiger partial charge in [-0.05, 0) is 67.1 Å². The van der Waals surface area contributed by atoms with Crippen molar-refractivity contribution in [1.82, 2.24) is 0 Å². The fourth-order valence-electron chi connectivity index (χ4n) is 2.76. The van der Waals surface area contributed by atoms with E-state index in [4.69, 9.17) is 16.3 Å².